The lowest BCUT2D eigenvalue weighted by Crippen LogP contribution is -2.38. The summed E-state index contributed by atoms with van der Waals surface area (Å²) in [6, 6.07) is 7.91. The minimum absolute atomic E-state index is 0.119. The second-order valence-corrected chi connectivity index (χ2v) is 4.74. The summed E-state index contributed by atoms with van der Waals surface area (Å²) < 4.78 is 5.60. The molecule has 2 N–H and O–H groups in total. The number of carbonyl (C=O) groups excluding carboxylic acids is 1. The van der Waals surface area contributed by atoms with E-state index in [9.17, 15) is 4.79 Å². The minimum atomic E-state index is -0.119. The Morgan fingerprint density at radius 3 is 2.70 bits per heavy atom. The number of aryl methyl sites for hydroxylation is 1. The summed E-state index contributed by atoms with van der Waals surface area (Å²) in [5, 5.41) is 5.61. The molecule has 0 aliphatic heterocycles. The van der Waals surface area contributed by atoms with Gasteiger partial charge in [0.15, 0.2) is 0 Å². The number of carbonyl (C=O) groups is 1. The maximum atomic E-state index is 11.4. The monoisotopic (exact) mass is 278 g/mol. The molecule has 1 aromatic rings. The van der Waals surface area contributed by atoms with Gasteiger partial charge in [0.1, 0.15) is 12.4 Å². The first kappa shape index (κ1) is 16.3. The molecule has 0 atom stereocenters. The maximum Gasteiger partial charge on any atom is 0.314 e. The van der Waals surface area contributed by atoms with Gasteiger partial charge < -0.3 is 15.4 Å². The van der Waals surface area contributed by atoms with E-state index in [-0.39, 0.29) is 6.03 Å². The summed E-state index contributed by atoms with van der Waals surface area (Å²) in [6.07, 6.45) is 4.34. The average Bonchev–Trinajstić information content (AvgIpc) is 2.48. The molecular formula is C16H26N2O2. The minimum Gasteiger partial charge on any atom is -0.492 e. The van der Waals surface area contributed by atoms with Gasteiger partial charge in [0.05, 0.1) is 6.54 Å². The van der Waals surface area contributed by atoms with Gasteiger partial charge in [0.2, 0.25) is 0 Å². The van der Waals surface area contributed by atoms with Gasteiger partial charge in [0.25, 0.3) is 0 Å². The average molecular weight is 278 g/mol. The molecule has 0 fully saturated rings. The Labute approximate surface area is 121 Å². The molecule has 0 heterocycles. The highest BCUT2D eigenvalue weighted by Gasteiger charge is 1.99. The van der Waals surface area contributed by atoms with Crippen LogP contribution >= 0.6 is 0 Å². The molecule has 4 heteroatoms. The molecular weight excluding hydrogens is 252 g/mol. The number of hydrogen-bond donors (Lipinski definition) is 2. The van der Waals surface area contributed by atoms with Gasteiger partial charge in [-0.3, -0.25) is 0 Å². The van der Waals surface area contributed by atoms with Gasteiger partial charge in [-0.25, -0.2) is 4.79 Å². The van der Waals surface area contributed by atoms with Crippen molar-refractivity contribution in [2.45, 2.75) is 39.5 Å². The van der Waals surface area contributed by atoms with Gasteiger partial charge in [-0.1, -0.05) is 38.8 Å². The quantitative estimate of drug-likeness (QED) is 0.682. The van der Waals surface area contributed by atoms with E-state index in [1.54, 1.807) is 0 Å². The molecule has 112 valence electrons. The van der Waals surface area contributed by atoms with Crippen LogP contribution in [0.25, 0.3) is 0 Å². The molecule has 0 saturated heterocycles. The number of hydrogen-bond acceptors (Lipinski definition) is 2. The van der Waals surface area contributed by atoms with Gasteiger partial charge >= 0.3 is 6.03 Å². The van der Waals surface area contributed by atoms with Crippen LogP contribution in [0.5, 0.6) is 5.75 Å². The topological polar surface area (TPSA) is 50.4 Å². The lowest BCUT2D eigenvalue weighted by Gasteiger charge is -2.09. The van der Waals surface area contributed by atoms with Crippen molar-refractivity contribution in [2.24, 2.45) is 0 Å². The number of benzene rings is 1. The lowest BCUT2D eigenvalue weighted by molar-refractivity contribution is 0.236. The lowest BCUT2D eigenvalue weighted by atomic mass is 10.2. The summed E-state index contributed by atoms with van der Waals surface area (Å²) in [5.41, 5.74) is 1.25. The van der Waals surface area contributed by atoms with E-state index >= 15 is 0 Å². The van der Waals surface area contributed by atoms with Crippen LogP contribution in [-0.4, -0.2) is 25.7 Å². The van der Waals surface area contributed by atoms with Crippen molar-refractivity contribution < 1.29 is 9.53 Å². The molecule has 0 unspecified atom stereocenters. The number of unbranched alkanes of at least 4 members (excludes halogenated alkanes) is 2. The van der Waals surface area contributed by atoms with Crippen LogP contribution in [0.2, 0.25) is 0 Å². The maximum absolute atomic E-state index is 11.4. The third kappa shape index (κ3) is 7.02. The van der Waals surface area contributed by atoms with Gasteiger partial charge in [-0.05, 0) is 30.5 Å². The van der Waals surface area contributed by atoms with Crippen LogP contribution in [0.15, 0.2) is 24.3 Å². The first-order chi connectivity index (χ1) is 9.76. The summed E-state index contributed by atoms with van der Waals surface area (Å²) in [4.78, 5) is 11.4. The third-order valence-corrected chi connectivity index (χ3v) is 3.03. The van der Waals surface area contributed by atoms with Crippen molar-refractivity contribution in [2.75, 3.05) is 19.7 Å². The van der Waals surface area contributed by atoms with Crippen molar-refractivity contribution in [1.29, 1.82) is 0 Å². The van der Waals surface area contributed by atoms with Gasteiger partial charge in [-0.15, -0.1) is 0 Å². The van der Waals surface area contributed by atoms with E-state index in [1.807, 2.05) is 18.2 Å². The molecule has 1 aromatic carbocycles. The Morgan fingerprint density at radius 2 is 1.95 bits per heavy atom. The molecule has 0 aliphatic carbocycles. The summed E-state index contributed by atoms with van der Waals surface area (Å²) in [5.74, 6) is 0.856. The largest absolute Gasteiger partial charge is 0.492 e. The molecule has 20 heavy (non-hydrogen) atoms. The second-order valence-electron chi connectivity index (χ2n) is 4.74. The van der Waals surface area contributed by atoms with Crippen LogP contribution < -0.4 is 15.4 Å². The fraction of sp³-hybridized carbons (Fsp3) is 0.562. The SMILES string of the molecule is CCCCCNC(=O)NCCOc1cccc(CC)c1. The van der Waals surface area contributed by atoms with E-state index < -0.39 is 0 Å². The van der Waals surface area contributed by atoms with Crippen molar-refractivity contribution in [3.05, 3.63) is 29.8 Å². The number of urea groups is 1. The first-order valence-electron chi connectivity index (χ1n) is 7.49. The summed E-state index contributed by atoms with van der Waals surface area (Å²) in [7, 11) is 0. The molecule has 0 saturated carbocycles. The van der Waals surface area contributed by atoms with Crippen molar-refractivity contribution in [3.8, 4) is 5.75 Å². The molecule has 0 radical (unpaired) electrons. The summed E-state index contributed by atoms with van der Waals surface area (Å²) >= 11 is 0. The zero-order valence-electron chi connectivity index (χ0n) is 12.6. The molecule has 4 nitrogen and oxygen atoms in total. The van der Waals surface area contributed by atoms with E-state index in [2.05, 4.69) is 30.5 Å². The van der Waals surface area contributed by atoms with E-state index in [4.69, 9.17) is 4.74 Å². The van der Waals surface area contributed by atoms with Crippen molar-refractivity contribution >= 4 is 6.03 Å². The Bertz CT molecular complexity index is 394. The molecule has 0 spiro atoms. The Balaban J connectivity index is 2.10. The van der Waals surface area contributed by atoms with E-state index in [0.29, 0.717) is 13.2 Å². The van der Waals surface area contributed by atoms with Crippen LogP contribution in [0.3, 0.4) is 0 Å². The second kappa shape index (κ2) is 10.1. The Hall–Kier alpha value is -1.71. The van der Waals surface area contributed by atoms with E-state index in [0.717, 1.165) is 38.0 Å². The third-order valence-electron chi connectivity index (χ3n) is 3.03. The van der Waals surface area contributed by atoms with E-state index in [1.165, 1.54) is 5.56 Å². The number of nitrogens with one attached hydrogen (secondary N) is 2. The first-order valence-corrected chi connectivity index (χ1v) is 7.49. The van der Waals surface area contributed by atoms with Gasteiger partial charge in [0, 0.05) is 6.54 Å². The van der Waals surface area contributed by atoms with Gasteiger partial charge in [-0.2, -0.15) is 0 Å². The normalized spacial score (nSPS) is 10.1. The zero-order chi connectivity index (χ0) is 14.6. The highest BCUT2D eigenvalue weighted by atomic mass is 16.5. The Kier molecular flexibility index (Phi) is 8.27. The molecule has 0 bridgehead atoms. The molecule has 0 aromatic heterocycles. The number of ether oxygens (including phenoxy) is 1. The highest BCUT2D eigenvalue weighted by Crippen LogP contribution is 2.13. The predicted octanol–water partition coefficient (Wildman–Crippen LogP) is 3.12. The van der Waals surface area contributed by atoms with Crippen LogP contribution in [0.1, 0.15) is 38.7 Å². The summed E-state index contributed by atoms with van der Waals surface area (Å²) in [6.45, 7) is 5.99. The van der Waals surface area contributed by atoms with Crippen LogP contribution in [0, 0.1) is 0 Å². The van der Waals surface area contributed by atoms with Crippen LogP contribution in [0.4, 0.5) is 4.79 Å². The smallest absolute Gasteiger partial charge is 0.314 e. The number of rotatable bonds is 9. The number of amides is 2. The fourth-order valence-corrected chi connectivity index (χ4v) is 1.83. The molecule has 1 rings (SSSR count). The standard InChI is InChI=1S/C16H26N2O2/c1-3-5-6-10-17-16(19)18-11-12-20-15-9-7-8-14(4-2)13-15/h7-9,13H,3-6,10-12H2,1-2H3,(H2,17,18,19). The fourth-order valence-electron chi connectivity index (χ4n) is 1.83. The van der Waals surface area contributed by atoms with Crippen molar-refractivity contribution in [3.63, 3.8) is 0 Å². The van der Waals surface area contributed by atoms with Crippen molar-refractivity contribution in [1.82, 2.24) is 10.6 Å². The highest BCUT2D eigenvalue weighted by molar-refractivity contribution is 5.73. The predicted molar refractivity (Wildman–Crippen MR) is 82.2 cm³/mol. The zero-order valence-corrected chi connectivity index (χ0v) is 12.6. The van der Waals surface area contributed by atoms with Crippen LogP contribution in [-0.2, 0) is 6.42 Å². The Morgan fingerprint density at radius 1 is 1.15 bits per heavy atom. The molecule has 0 aliphatic rings. The molecule has 2 amide bonds.